The first-order valence-electron chi connectivity index (χ1n) is 7.36. The van der Waals surface area contributed by atoms with E-state index in [4.69, 9.17) is 4.74 Å². The van der Waals surface area contributed by atoms with Crippen LogP contribution in [0.5, 0.6) is 0 Å². The summed E-state index contributed by atoms with van der Waals surface area (Å²) in [6, 6.07) is 11.5. The lowest BCUT2D eigenvalue weighted by molar-refractivity contribution is -0.137. The molecule has 0 N–H and O–H groups in total. The van der Waals surface area contributed by atoms with E-state index in [1.807, 2.05) is 6.92 Å². The Hall–Kier alpha value is -2.30. The number of unbranched alkanes of at least 4 members (excludes halogenated alkanes) is 1. The molecule has 2 rings (SSSR count). The zero-order valence-electron chi connectivity index (χ0n) is 12.7. The quantitative estimate of drug-likeness (QED) is 0.549. The van der Waals surface area contributed by atoms with Crippen molar-refractivity contribution < 1.29 is 22.7 Å². The largest absolute Gasteiger partial charge is 0.462 e. The van der Waals surface area contributed by atoms with Crippen molar-refractivity contribution in [1.82, 2.24) is 0 Å². The first-order chi connectivity index (χ1) is 10.9. The normalized spacial score (nSPS) is 11.3. The number of hydrogen-bond acceptors (Lipinski definition) is 2. The molecule has 0 spiro atoms. The van der Waals surface area contributed by atoms with Crippen LogP contribution in [-0.4, -0.2) is 12.6 Å². The van der Waals surface area contributed by atoms with Gasteiger partial charge < -0.3 is 4.74 Å². The standard InChI is InChI=1S/C18H17F3O2/c1-2-3-12-23-17(22)15-6-4-13(5-7-15)14-8-10-16(11-9-14)18(19,20)21/h4-11H,2-3,12H2,1H3. The molecule has 23 heavy (non-hydrogen) atoms. The smallest absolute Gasteiger partial charge is 0.416 e. The lowest BCUT2D eigenvalue weighted by Crippen LogP contribution is -2.06. The molecule has 5 heteroatoms. The van der Waals surface area contributed by atoms with Gasteiger partial charge >= 0.3 is 12.1 Å². The molecular formula is C18H17F3O2. The lowest BCUT2D eigenvalue weighted by atomic mass is 10.0. The molecule has 0 aliphatic rings. The predicted octanol–water partition coefficient (Wildman–Crippen LogP) is 5.33. The minimum atomic E-state index is -4.34. The van der Waals surface area contributed by atoms with Crippen molar-refractivity contribution in [2.24, 2.45) is 0 Å². The van der Waals surface area contributed by atoms with Crippen molar-refractivity contribution >= 4 is 5.97 Å². The fourth-order valence-electron chi connectivity index (χ4n) is 2.04. The first-order valence-corrected chi connectivity index (χ1v) is 7.36. The van der Waals surface area contributed by atoms with E-state index in [2.05, 4.69) is 0 Å². The highest BCUT2D eigenvalue weighted by Gasteiger charge is 2.29. The van der Waals surface area contributed by atoms with Gasteiger partial charge in [-0.05, 0) is 41.8 Å². The van der Waals surface area contributed by atoms with Crippen molar-refractivity contribution in [1.29, 1.82) is 0 Å². The average molecular weight is 322 g/mol. The van der Waals surface area contributed by atoms with E-state index in [0.717, 1.165) is 30.5 Å². The van der Waals surface area contributed by atoms with Crippen LogP contribution in [0.2, 0.25) is 0 Å². The molecule has 0 aromatic heterocycles. The minimum absolute atomic E-state index is 0.385. The molecular weight excluding hydrogens is 305 g/mol. The van der Waals surface area contributed by atoms with E-state index < -0.39 is 17.7 Å². The van der Waals surface area contributed by atoms with Crippen LogP contribution in [0.3, 0.4) is 0 Å². The number of carbonyl (C=O) groups is 1. The molecule has 0 amide bonds. The summed E-state index contributed by atoms with van der Waals surface area (Å²) < 4.78 is 42.7. The highest BCUT2D eigenvalue weighted by Crippen LogP contribution is 2.31. The third kappa shape index (κ3) is 4.58. The summed E-state index contributed by atoms with van der Waals surface area (Å²) in [7, 11) is 0. The van der Waals surface area contributed by atoms with Crippen LogP contribution in [0.1, 0.15) is 35.7 Å². The van der Waals surface area contributed by atoms with Gasteiger partial charge in [0.15, 0.2) is 0 Å². The van der Waals surface area contributed by atoms with E-state index in [-0.39, 0.29) is 0 Å². The summed E-state index contributed by atoms with van der Waals surface area (Å²) in [4.78, 5) is 11.8. The first kappa shape index (κ1) is 17.1. The molecule has 2 nitrogen and oxygen atoms in total. The SMILES string of the molecule is CCCCOC(=O)c1ccc(-c2ccc(C(F)(F)F)cc2)cc1. The van der Waals surface area contributed by atoms with Gasteiger partial charge in [0, 0.05) is 0 Å². The molecule has 0 unspecified atom stereocenters. The van der Waals surface area contributed by atoms with Gasteiger partial charge in [0.05, 0.1) is 17.7 Å². The molecule has 0 radical (unpaired) electrons. The van der Waals surface area contributed by atoms with Gasteiger partial charge in [-0.15, -0.1) is 0 Å². The second-order valence-corrected chi connectivity index (χ2v) is 5.14. The highest BCUT2D eigenvalue weighted by molar-refractivity contribution is 5.90. The van der Waals surface area contributed by atoms with Crippen LogP contribution >= 0.6 is 0 Å². The van der Waals surface area contributed by atoms with Gasteiger partial charge in [0.25, 0.3) is 0 Å². The summed E-state index contributed by atoms with van der Waals surface area (Å²) in [5.41, 5.74) is 1.14. The molecule has 0 aliphatic carbocycles. The molecule has 0 fully saturated rings. The Balaban J connectivity index is 2.09. The van der Waals surface area contributed by atoms with Crippen molar-refractivity contribution in [2.75, 3.05) is 6.61 Å². The van der Waals surface area contributed by atoms with Gasteiger partial charge in [-0.2, -0.15) is 13.2 Å². The Labute approximate surface area is 132 Å². The Kier molecular flexibility index (Phi) is 5.42. The monoisotopic (exact) mass is 322 g/mol. The Morgan fingerprint density at radius 3 is 1.96 bits per heavy atom. The zero-order valence-corrected chi connectivity index (χ0v) is 12.7. The summed E-state index contributed by atoms with van der Waals surface area (Å²) in [5.74, 6) is -0.391. The Morgan fingerprint density at radius 1 is 0.957 bits per heavy atom. The number of carbonyl (C=O) groups excluding carboxylic acids is 1. The van der Waals surface area contributed by atoms with Crippen LogP contribution in [0.25, 0.3) is 11.1 Å². The van der Waals surface area contributed by atoms with E-state index in [1.54, 1.807) is 24.3 Å². The van der Waals surface area contributed by atoms with Gasteiger partial charge in [-0.25, -0.2) is 4.79 Å². The van der Waals surface area contributed by atoms with Crippen molar-refractivity contribution in [3.63, 3.8) is 0 Å². The average Bonchev–Trinajstić information content (AvgIpc) is 2.54. The molecule has 0 bridgehead atoms. The lowest BCUT2D eigenvalue weighted by Gasteiger charge is -2.08. The number of halogens is 3. The maximum atomic E-state index is 12.5. The Bertz CT molecular complexity index is 643. The van der Waals surface area contributed by atoms with E-state index in [9.17, 15) is 18.0 Å². The number of esters is 1. The van der Waals surface area contributed by atoms with E-state index in [1.165, 1.54) is 12.1 Å². The number of ether oxygens (including phenoxy) is 1. The molecule has 0 saturated carbocycles. The number of benzene rings is 2. The summed E-state index contributed by atoms with van der Waals surface area (Å²) in [6.45, 7) is 2.39. The predicted molar refractivity (Wildman–Crippen MR) is 82.1 cm³/mol. The van der Waals surface area contributed by atoms with Gasteiger partial charge in [0.1, 0.15) is 0 Å². The summed E-state index contributed by atoms with van der Waals surface area (Å²) in [6.07, 6.45) is -2.58. The molecule has 0 heterocycles. The van der Waals surface area contributed by atoms with Crippen LogP contribution in [0.15, 0.2) is 48.5 Å². The zero-order chi connectivity index (χ0) is 16.9. The van der Waals surface area contributed by atoms with Crippen LogP contribution in [-0.2, 0) is 10.9 Å². The molecule has 122 valence electrons. The maximum Gasteiger partial charge on any atom is 0.416 e. The second kappa shape index (κ2) is 7.31. The number of rotatable bonds is 5. The van der Waals surface area contributed by atoms with Gasteiger partial charge in [0.2, 0.25) is 0 Å². The Morgan fingerprint density at radius 2 is 1.48 bits per heavy atom. The topological polar surface area (TPSA) is 26.3 Å². The maximum absolute atomic E-state index is 12.5. The van der Waals surface area contributed by atoms with Gasteiger partial charge in [-0.1, -0.05) is 37.6 Å². The minimum Gasteiger partial charge on any atom is -0.462 e. The summed E-state index contributed by atoms with van der Waals surface area (Å²) >= 11 is 0. The second-order valence-electron chi connectivity index (χ2n) is 5.14. The van der Waals surface area contributed by atoms with Crippen molar-refractivity contribution in [3.05, 3.63) is 59.7 Å². The molecule has 0 aliphatic heterocycles. The van der Waals surface area contributed by atoms with Crippen LogP contribution in [0, 0.1) is 0 Å². The van der Waals surface area contributed by atoms with E-state index >= 15 is 0 Å². The van der Waals surface area contributed by atoms with Crippen molar-refractivity contribution in [2.45, 2.75) is 25.9 Å². The molecule has 2 aromatic rings. The van der Waals surface area contributed by atoms with Crippen LogP contribution in [0.4, 0.5) is 13.2 Å². The molecule has 2 aromatic carbocycles. The van der Waals surface area contributed by atoms with Crippen molar-refractivity contribution in [3.8, 4) is 11.1 Å². The summed E-state index contributed by atoms with van der Waals surface area (Å²) in [5, 5.41) is 0. The van der Waals surface area contributed by atoms with Gasteiger partial charge in [-0.3, -0.25) is 0 Å². The molecule has 0 saturated heterocycles. The third-order valence-corrected chi connectivity index (χ3v) is 3.40. The van der Waals surface area contributed by atoms with Crippen LogP contribution < -0.4 is 0 Å². The fraction of sp³-hybridized carbons (Fsp3) is 0.278. The molecule has 0 atom stereocenters. The number of alkyl halides is 3. The van der Waals surface area contributed by atoms with E-state index in [0.29, 0.717) is 17.7 Å². The highest BCUT2D eigenvalue weighted by atomic mass is 19.4. The number of hydrogen-bond donors (Lipinski definition) is 0. The fourth-order valence-corrected chi connectivity index (χ4v) is 2.04. The third-order valence-electron chi connectivity index (χ3n) is 3.40.